The van der Waals surface area contributed by atoms with Crippen molar-refractivity contribution in [3.05, 3.63) is 22.9 Å². The number of carbonyl (C=O) groups excluding carboxylic acids is 1. The van der Waals surface area contributed by atoms with E-state index in [2.05, 4.69) is 26.2 Å². The molecule has 5 heteroatoms. The number of rotatable bonds is 2. The molecule has 2 heterocycles. The average Bonchev–Trinajstić information content (AvgIpc) is 2.54. The molecule has 0 spiro atoms. The predicted octanol–water partition coefficient (Wildman–Crippen LogP) is 2.68. The van der Waals surface area contributed by atoms with E-state index in [0.29, 0.717) is 12.2 Å². The monoisotopic (exact) mass is 281 g/mol. The summed E-state index contributed by atoms with van der Waals surface area (Å²) < 4.78 is 2.98. The van der Waals surface area contributed by atoms with Crippen molar-refractivity contribution in [3.8, 4) is 0 Å². The first-order chi connectivity index (χ1) is 7.61. The second-order valence-electron chi connectivity index (χ2n) is 3.58. The fourth-order valence-electron chi connectivity index (χ4n) is 1.53. The summed E-state index contributed by atoms with van der Waals surface area (Å²) >= 11 is 3.47. The normalized spacial score (nSPS) is 10.7. The Balaban J connectivity index is 2.43. The molecule has 84 valence electrons. The van der Waals surface area contributed by atoms with E-state index in [-0.39, 0.29) is 5.91 Å². The van der Waals surface area contributed by atoms with Crippen LogP contribution in [0.4, 0.5) is 5.82 Å². The Morgan fingerprint density at radius 1 is 1.62 bits per heavy atom. The molecule has 0 unspecified atom stereocenters. The van der Waals surface area contributed by atoms with Crippen molar-refractivity contribution >= 4 is 38.6 Å². The molecule has 0 saturated heterocycles. The van der Waals surface area contributed by atoms with Crippen molar-refractivity contribution in [2.75, 3.05) is 5.32 Å². The minimum Gasteiger partial charge on any atom is -0.348 e. The van der Waals surface area contributed by atoms with Crippen LogP contribution in [0.1, 0.15) is 13.3 Å². The van der Waals surface area contributed by atoms with Gasteiger partial charge in [0.15, 0.2) is 0 Å². The molecule has 0 aromatic carbocycles. The Kier molecular flexibility index (Phi) is 2.96. The Labute approximate surface area is 102 Å². The highest BCUT2D eigenvalue weighted by molar-refractivity contribution is 9.10. The highest BCUT2D eigenvalue weighted by atomic mass is 79.9. The van der Waals surface area contributed by atoms with Gasteiger partial charge < -0.3 is 9.88 Å². The van der Waals surface area contributed by atoms with Crippen LogP contribution in [0.2, 0.25) is 0 Å². The number of hydrogen-bond donors (Lipinski definition) is 1. The lowest BCUT2D eigenvalue weighted by atomic mass is 10.3. The molecule has 0 saturated carbocycles. The Hall–Kier alpha value is -1.36. The van der Waals surface area contributed by atoms with E-state index in [4.69, 9.17) is 0 Å². The van der Waals surface area contributed by atoms with Crippen LogP contribution < -0.4 is 5.32 Å². The number of halogens is 1. The summed E-state index contributed by atoms with van der Waals surface area (Å²) in [6.45, 7) is 1.81. The van der Waals surface area contributed by atoms with E-state index < -0.39 is 0 Å². The molecule has 0 radical (unpaired) electrons. The third-order valence-electron chi connectivity index (χ3n) is 2.42. The molecule has 2 aromatic heterocycles. The van der Waals surface area contributed by atoms with E-state index in [1.165, 1.54) is 0 Å². The third kappa shape index (κ3) is 1.95. The van der Waals surface area contributed by atoms with Gasteiger partial charge in [0.25, 0.3) is 0 Å². The zero-order valence-corrected chi connectivity index (χ0v) is 10.7. The van der Waals surface area contributed by atoms with Crippen LogP contribution in [-0.4, -0.2) is 15.5 Å². The second-order valence-corrected chi connectivity index (χ2v) is 4.43. The van der Waals surface area contributed by atoms with E-state index >= 15 is 0 Å². The number of hydrogen-bond acceptors (Lipinski definition) is 2. The first kappa shape index (κ1) is 11.1. The van der Waals surface area contributed by atoms with Crippen molar-refractivity contribution in [1.82, 2.24) is 9.55 Å². The second kappa shape index (κ2) is 4.25. The van der Waals surface area contributed by atoms with Gasteiger partial charge in [-0.25, -0.2) is 4.98 Å². The number of nitrogens with one attached hydrogen (secondary N) is 1. The average molecular weight is 282 g/mol. The van der Waals surface area contributed by atoms with E-state index in [1.54, 1.807) is 6.20 Å². The molecule has 0 aliphatic rings. The van der Waals surface area contributed by atoms with Gasteiger partial charge in [0.2, 0.25) is 5.91 Å². The van der Waals surface area contributed by atoms with Gasteiger partial charge >= 0.3 is 0 Å². The topological polar surface area (TPSA) is 46.9 Å². The Morgan fingerprint density at radius 3 is 3.06 bits per heavy atom. The number of fused-ring (bicyclic) bond motifs is 1. The van der Waals surface area contributed by atoms with Gasteiger partial charge in [-0.15, -0.1) is 0 Å². The maximum absolute atomic E-state index is 11.2. The van der Waals surface area contributed by atoms with Crippen molar-refractivity contribution in [1.29, 1.82) is 0 Å². The molecular weight excluding hydrogens is 270 g/mol. The molecular formula is C11H12BrN3O. The largest absolute Gasteiger partial charge is 0.348 e. The number of pyridine rings is 1. The van der Waals surface area contributed by atoms with Crippen LogP contribution in [0.25, 0.3) is 10.9 Å². The van der Waals surface area contributed by atoms with Crippen LogP contribution in [0.5, 0.6) is 0 Å². The standard InChI is InChI=1S/C11H12BrN3O/c1-3-11(16)14-10-4-7-8(12)6-15(2)9(7)5-13-10/h4-6H,3H2,1-2H3,(H,13,14,16). The van der Waals surface area contributed by atoms with Crippen molar-refractivity contribution in [2.45, 2.75) is 13.3 Å². The minimum atomic E-state index is -0.0288. The van der Waals surface area contributed by atoms with Gasteiger partial charge in [-0.2, -0.15) is 0 Å². The smallest absolute Gasteiger partial charge is 0.225 e. The highest BCUT2D eigenvalue weighted by Gasteiger charge is 2.07. The molecule has 0 fully saturated rings. The zero-order valence-electron chi connectivity index (χ0n) is 9.12. The number of amides is 1. The maximum atomic E-state index is 11.2. The molecule has 4 nitrogen and oxygen atoms in total. The molecule has 0 atom stereocenters. The maximum Gasteiger partial charge on any atom is 0.225 e. The van der Waals surface area contributed by atoms with Gasteiger partial charge in [-0.1, -0.05) is 6.92 Å². The van der Waals surface area contributed by atoms with E-state index in [9.17, 15) is 4.79 Å². The highest BCUT2D eigenvalue weighted by Crippen LogP contribution is 2.26. The first-order valence-electron chi connectivity index (χ1n) is 5.02. The van der Waals surface area contributed by atoms with Gasteiger partial charge in [0.1, 0.15) is 5.82 Å². The summed E-state index contributed by atoms with van der Waals surface area (Å²) in [7, 11) is 1.96. The number of anilines is 1. The fraction of sp³-hybridized carbons (Fsp3) is 0.273. The van der Waals surface area contributed by atoms with Gasteiger partial charge in [-0.3, -0.25) is 4.79 Å². The van der Waals surface area contributed by atoms with E-state index in [1.807, 2.05) is 30.8 Å². The summed E-state index contributed by atoms with van der Waals surface area (Å²) in [5, 5.41) is 3.79. The summed E-state index contributed by atoms with van der Waals surface area (Å²) in [5.41, 5.74) is 1.03. The van der Waals surface area contributed by atoms with E-state index in [0.717, 1.165) is 15.4 Å². The zero-order chi connectivity index (χ0) is 11.7. The van der Waals surface area contributed by atoms with Gasteiger partial charge in [-0.05, 0) is 22.0 Å². The van der Waals surface area contributed by atoms with Crippen LogP contribution in [-0.2, 0) is 11.8 Å². The SMILES string of the molecule is CCC(=O)Nc1cc2c(Br)cn(C)c2cn1. The number of carbonyl (C=O) groups is 1. The van der Waals surface area contributed by atoms with Crippen LogP contribution >= 0.6 is 15.9 Å². The lowest BCUT2D eigenvalue weighted by Crippen LogP contribution is -2.10. The molecule has 16 heavy (non-hydrogen) atoms. The lowest BCUT2D eigenvalue weighted by Gasteiger charge is -2.03. The summed E-state index contributed by atoms with van der Waals surface area (Å²) in [4.78, 5) is 15.4. The Bertz CT molecular complexity index is 547. The quantitative estimate of drug-likeness (QED) is 0.920. The molecule has 2 aromatic rings. The molecule has 1 amide bonds. The van der Waals surface area contributed by atoms with Gasteiger partial charge in [0.05, 0.1) is 11.7 Å². The van der Waals surface area contributed by atoms with Crippen molar-refractivity contribution in [3.63, 3.8) is 0 Å². The summed E-state index contributed by atoms with van der Waals surface area (Å²) in [6.07, 6.45) is 4.18. The molecule has 0 aliphatic carbocycles. The van der Waals surface area contributed by atoms with Crippen LogP contribution in [0.15, 0.2) is 22.9 Å². The molecule has 0 bridgehead atoms. The molecule has 1 N–H and O–H groups in total. The number of nitrogens with zero attached hydrogens (tertiary/aromatic N) is 2. The summed E-state index contributed by atoms with van der Waals surface area (Å²) in [6, 6.07) is 1.87. The lowest BCUT2D eigenvalue weighted by molar-refractivity contribution is -0.115. The summed E-state index contributed by atoms with van der Waals surface area (Å²) in [5.74, 6) is 0.560. The Morgan fingerprint density at radius 2 is 2.38 bits per heavy atom. The van der Waals surface area contributed by atoms with Gasteiger partial charge in [0, 0.05) is 29.5 Å². The van der Waals surface area contributed by atoms with Crippen molar-refractivity contribution in [2.24, 2.45) is 7.05 Å². The third-order valence-corrected chi connectivity index (χ3v) is 3.05. The number of aromatic nitrogens is 2. The first-order valence-corrected chi connectivity index (χ1v) is 5.81. The minimum absolute atomic E-state index is 0.0288. The number of aryl methyl sites for hydroxylation is 1. The van der Waals surface area contributed by atoms with Crippen LogP contribution in [0.3, 0.4) is 0 Å². The van der Waals surface area contributed by atoms with Crippen LogP contribution in [0, 0.1) is 0 Å². The fourth-order valence-corrected chi connectivity index (χ4v) is 2.15. The molecule has 2 rings (SSSR count). The molecule has 0 aliphatic heterocycles. The predicted molar refractivity (Wildman–Crippen MR) is 67.3 cm³/mol. The van der Waals surface area contributed by atoms with Crippen molar-refractivity contribution < 1.29 is 4.79 Å².